The molecule has 0 aliphatic carbocycles. The number of anilines is 2. The van der Waals surface area contributed by atoms with Crippen LogP contribution in [0.2, 0.25) is 5.02 Å². The largest absolute Gasteiger partial charge is 0.416 e. The number of fused-ring (bicyclic) bond motifs is 1. The van der Waals surface area contributed by atoms with Crippen LogP contribution in [-0.4, -0.2) is 18.4 Å². The molecule has 1 heterocycles. The van der Waals surface area contributed by atoms with Gasteiger partial charge in [0.2, 0.25) is 11.8 Å². The molecule has 3 rings (SSSR count). The Morgan fingerprint density at radius 3 is 2.63 bits per heavy atom. The SMILES string of the molecule is O=C(CC(=O)N1CCCc2ccccc21)Nc1cc(C(F)(F)F)ccc1Cl. The van der Waals surface area contributed by atoms with Crippen molar-refractivity contribution in [3.8, 4) is 0 Å². The molecule has 1 N–H and O–H groups in total. The fourth-order valence-corrected chi connectivity index (χ4v) is 3.18. The average molecular weight is 397 g/mol. The van der Waals surface area contributed by atoms with Crippen LogP contribution in [-0.2, 0) is 22.2 Å². The summed E-state index contributed by atoms with van der Waals surface area (Å²) in [4.78, 5) is 26.3. The van der Waals surface area contributed by atoms with Gasteiger partial charge in [-0.3, -0.25) is 9.59 Å². The van der Waals surface area contributed by atoms with E-state index < -0.39 is 30.0 Å². The van der Waals surface area contributed by atoms with Gasteiger partial charge in [-0.1, -0.05) is 29.8 Å². The molecule has 0 aromatic heterocycles. The molecule has 2 amide bonds. The summed E-state index contributed by atoms with van der Waals surface area (Å²) in [5.74, 6) is -1.13. The Balaban J connectivity index is 1.71. The van der Waals surface area contributed by atoms with Crippen molar-refractivity contribution >= 4 is 34.8 Å². The van der Waals surface area contributed by atoms with Gasteiger partial charge in [-0.25, -0.2) is 0 Å². The number of para-hydroxylation sites is 1. The van der Waals surface area contributed by atoms with Crippen molar-refractivity contribution in [3.63, 3.8) is 0 Å². The number of alkyl halides is 3. The number of hydrogen-bond acceptors (Lipinski definition) is 2. The summed E-state index contributed by atoms with van der Waals surface area (Å²) in [6, 6.07) is 10.1. The zero-order valence-electron chi connectivity index (χ0n) is 14.1. The maximum atomic E-state index is 12.8. The molecule has 2 aromatic rings. The van der Waals surface area contributed by atoms with E-state index in [9.17, 15) is 22.8 Å². The third-order valence-corrected chi connectivity index (χ3v) is 4.62. The van der Waals surface area contributed by atoms with Crippen molar-refractivity contribution in [2.75, 3.05) is 16.8 Å². The number of rotatable bonds is 3. The highest BCUT2D eigenvalue weighted by Gasteiger charge is 2.31. The van der Waals surface area contributed by atoms with E-state index in [4.69, 9.17) is 11.6 Å². The first-order valence-corrected chi connectivity index (χ1v) is 8.68. The predicted octanol–water partition coefficient (Wildman–Crippen LogP) is 4.67. The van der Waals surface area contributed by atoms with Crippen molar-refractivity contribution in [1.29, 1.82) is 0 Å². The molecule has 2 aromatic carbocycles. The Morgan fingerprint density at radius 1 is 1.15 bits per heavy atom. The molecule has 27 heavy (non-hydrogen) atoms. The minimum absolute atomic E-state index is 0.0351. The lowest BCUT2D eigenvalue weighted by Crippen LogP contribution is -2.37. The maximum Gasteiger partial charge on any atom is 0.416 e. The van der Waals surface area contributed by atoms with Crippen LogP contribution in [0.15, 0.2) is 42.5 Å². The van der Waals surface area contributed by atoms with Crippen molar-refractivity contribution in [3.05, 3.63) is 58.6 Å². The zero-order valence-corrected chi connectivity index (χ0v) is 14.9. The predicted molar refractivity (Wildman–Crippen MR) is 96.8 cm³/mol. The minimum Gasteiger partial charge on any atom is -0.324 e. The van der Waals surface area contributed by atoms with Crippen LogP contribution in [0.25, 0.3) is 0 Å². The zero-order chi connectivity index (χ0) is 19.6. The van der Waals surface area contributed by atoms with Gasteiger partial charge in [-0.15, -0.1) is 0 Å². The first-order valence-electron chi connectivity index (χ1n) is 8.30. The molecule has 142 valence electrons. The molecule has 0 atom stereocenters. The molecule has 0 saturated heterocycles. The number of carbonyl (C=O) groups is 2. The summed E-state index contributed by atoms with van der Waals surface area (Å²) in [5, 5.41) is 2.26. The number of benzene rings is 2. The van der Waals surface area contributed by atoms with Crippen LogP contribution in [0.5, 0.6) is 0 Å². The molecule has 0 fully saturated rings. The first-order chi connectivity index (χ1) is 12.8. The highest BCUT2D eigenvalue weighted by Crippen LogP contribution is 2.34. The Morgan fingerprint density at radius 2 is 1.89 bits per heavy atom. The van der Waals surface area contributed by atoms with E-state index in [1.807, 2.05) is 24.3 Å². The second kappa shape index (κ2) is 7.60. The van der Waals surface area contributed by atoms with Gasteiger partial charge in [0, 0.05) is 12.2 Å². The standard InChI is InChI=1S/C19H16ClF3N2O2/c20-14-8-7-13(19(21,22)23)10-15(14)24-17(26)11-18(27)25-9-3-5-12-4-1-2-6-16(12)25/h1-2,4,6-8,10H,3,5,9,11H2,(H,24,26). The lowest BCUT2D eigenvalue weighted by molar-refractivity contribution is -0.137. The Labute approximate surface area is 158 Å². The van der Waals surface area contributed by atoms with E-state index in [2.05, 4.69) is 5.32 Å². The minimum atomic E-state index is -4.56. The average Bonchev–Trinajstić information content (AvgIpc) is 2.62. The number of nitrogens with one attached hydrogen (secondary N) is 1. The normalized spacial score (nSPS) is 13.9. The quantitative estimate of drug-likeness (QED) is 0.767. The molecular formula is C19H16ClF3N2O2. The number of nitrogens with zero attached hydrogens (tertiary/aromatic N) is 1. The van der Waals surface area contributed by atoms with Gasteiger partial charge in [-0.2, -0.15) is 13.2 Å². The molecule has 1 aliphatic heterocycles. The fraction of sp³-hybridized carbons (Fsp3) is 0.263. The van der Waals surface area contributed by atoms with Gasteiger partial charge in [0.15, 0.2) is 0 Å². The summed E-state index contributed by atoms with van der Waals surface area (Å²) in [6.45, 7) is 0.493. The van der Waals surface area contributed by atoms with E-state index >= 15 is 0 Å². The number of hydrogen-bond donors (Lipinski definition) is 1. The van der Waals surface area contributed by atoms with Crippen molar-refractivity contribution in [2.45, 2.75) is 25.4 Å². The number of amides is 2. The summed E-state index contributed by atoms with van der Waals surface area (Å²) >= 11 is 5.87. The molecular weight excluding hydrogens is 381 g/mol. The second-order valence-electron chi connectivity index (χ2n) is 6.19. The van der Waals surface area contributed by atoms with E-state index in [1.54, 1.807) is 0 Å². The molecule has 0 bridgehead atoms. The van der Waals surface area contributed by atoms with Gasteiger partial charge in [0.25, 0.3) is 0 Å². The van der Waals surface area contributed by atoms with Gasteiger partial charge in [-0.05, 0) is 42.7 Å². The van der Waals surface area contributed by atoms with E-state index in [0.717, 1.165) is 42.3 Å². The highest BCUT2D eigenvalue weighted by molar-refractivity contribution is 6.33. The molecule has 1 aliphatic rings. The van der Waals surface area contributed by atoms with Crippen molar-refractivity contribution in [2.24, 2.45) is 0 Å². The molecule has 0 unspecified atom stereocenters. The van der Waals surface area contributed by atoms with Gasteiger partial charge in [0.1, 0.15) is 6.42 Å². The van der Waals surface area contributed by atoms with E-state index in [1.165, 1.54) is 4.90 Å². The Bertz CT molecular complexity index is 883. The highest BCUT2D eigenvalue weighted by atomic mass is 35.5. The molecule has 4 nitrogen and oxygen atoms in total. The molecule has 8 heteroatoms. The third kappa shape index (κ3) is 4.42. The lowest BCUT2D eigenvalue weighted by atomic mass is 10.0. The number of carbonyl (C=O) groups excluding carboxylic acids is 2. The van der Waals surface area contributed by atoms with E-state index in [-0.39, 0.29) is 10.7 Å². The Kier molecular flexibility index (Phi) is 5.41. The van der Waals surface area contributed by atoms with Crippen LogP contribution in [0.3, 0.4) is 0 Å². The third-order valence-electron chi connectivity index (χ3n) is 4.29. The van der Waals surface area contributed by atoms with Crippen molar-refractivity contribution < 1.29 is 22.8 Å². The number of halogens is 4. The maximum absolute atomic E-state index is 12.8. The summed E-state index contributed by atoms with van der Waals surface area (Å²) in [7, 11) is 0. The van der Waals surface area contributed by atoms with Crippen molar-refractivity contribution in [1.82, 2.24) is 0 Å². The van der Waals surface area contributed by atoms with Gasteiger partial charge >= 0.3 is 6.18 Å². The molecule has 0 radical (unpaired) electrons. The van der Waals surface area contributed by atoms with Crippen LogP contribution in [0.4, 0.5) is 24.5 Å². The summed E-state index contributed by atoms with van der Waals surface area (Å²) in [6.07, 6.45) is -3.41. The monoisotopic (exact) mass is 396 g/mol. The summed E-state index contributed by atoms with van der Waals surface area (Å²) < 4.78 is 38.4. The first kappa shape index (κ1) is 19.2. The Hall–Kier alpha value is -2.54. The molecule has 0 saturated carbocycles. The molecule has 0 spiro atoms. The topological polar surface area (TPSA) is 49.4 Å². The second-order valence-corrected chi connectivity index (χ2v) is 6.60. The smallest absolute Gasteiger partial charge is 0.324 e. The fourth-order valence-electron chi connectivity index (χ4n) is 3.02. The lowest BCUT2D eigenvalue weighted by Gasteiger charge is -2.29. The van der Waals surface area contributed by atoms with Gasteiger partial charge in [0.05, 0.1) is 16.3 Å². The summed E-state index contributed by atoms with van der Waals surface area (Å²) in [5.41, 5.74) is 0.680. The van der Waals surface area contributed by atoms with Crippen LogP contribution in [0, 0.1) is 0 Å². The van der Waals surface area contributed by atoms with Gasteiger partial charge < -0.3 is 10.2 Å². The number of aryl methyl sites for hydroxylation is 1. The van der Waals surface area contributed by atoms with Crippen LogP contribution in [0.1, 0.15) is 24.0 Å². The van der Waals surface area contributed by atoms with Crippen LogP contribution >= 0.6 is 11.6 Å². The van der Waals surface area contributed by atoms with E-state index in [0.29, 0.717) is 6.54 Å². The van der Waals surface area contributed by atoms with Crippen LogP contribution < -0.4 is 10.2 Å².